The van der Waals surface area contributed by atoms with E-state index >= 15 is 0 Å². The highest BCUT2D eigenvalue weighted by Gasteiger charge is 2.43. The zero-order valence-electron chi connectivity index (χ0n) is 14.8. The van der Waals surface area contributed by atoms with Crippen molar-refractivity contribution in [2.75, 3.05) is 24.5 Å². The quantitative estimate of drug-likeness (QED) is 0.865. The van der Waals surface area contributed by atoms with Crippen molar-refractivity contribution in [2.45, 2.75) is 38.2 Å². The van der Waals surface area contributed by atoms with Gasteiger partial charge in [-0.2, -0.15) is 5.26 Å². The van der Waals surface area contributed by atoms with Gasteiger partial charge < -0.3 is 10.0 Å². The number of Topliss-reactive ketones (excluding diaryl/α,β-unsaturated/α-hetero) is 1. The van der Waals surface area contributed by atoms with Crippen molar-refractivity contribution in [1.29, 1.82) is 5.26 Å². The van der Waals surface area contributed by atoms with Crippen LogP contribution in [0.2, 0.25) is 0 Å². The van der Waals surface area contributed by atoms with Gasteiger partial charge in [0.2, 0.25) is 0 Å². The smallest absolute Gasteiger partial charge is 0.158 e. The molecule has 3 aliphatic rings. The number of hydrogen-bond donors (Lipinski definition) is 1. The number of ketones is 1. The number of carbonyl (C=O) groups is 1. The lowest BCUT2D eigenvalue weighted by molar-refractivity contribution is -0.122. The van der Waals surface area contributed by atoms with Gasteiger partial charge in [0.15, 0.2) is 5.69 Å². The van der Waals surface area contributed by atoms with Crippen molar-refractivity contribution in [3.63, 3.8) is 0 Å². The Morgan fingerprint density at radius 1 is 1.31 bits per heavy atom. The van der Waals surface area contributed by atoms with E-state index in [0.717, 1.165) is 48.6 Å². The van der Waals surface area contributed by atoms with Crippen LogP contribution in [0.25, 0.3) is 0 Å². The van der Waals surface area contributed by atoms with Crippen LogP contribution >= 0.6 is 0 Å². The Labute approximate surface area is 152 Å². The van der Waals surface area contributed by atoms with Gasteiger partial charge in [0, 0.05) is 43.1 Å². The van der Waals surface area contributed by atoms with Crippen LogP contribution in [0.3, 0.4) is 0 Å². The molecule has 7 heteroatoms. The van der Waals surface area contributed by atoms with Crippen LogP contribution in [0.5, 0.6) is 0 Å². The molecule has 1 fully saturated rings. The number of aliphatic hydroxyl groups is 1. The number of rotatable bonds is 2. The van der Waals surface area contributed by atoms with Crippen LogP contribution in [-0.2, 0) is 4.79 Å². The van der Waals surface area contributed by atoms with Crippen LogP contribution in [0.15, 0.2) is 28.5 Å². The lowest BCUT2D eigenvalue weighted by Crippen LogP contribution is -2.42. The molecular formula is C19H21N5O2. The fourth-order valence-corrected chi connectivity index (χ4v) is 4.35. The first kappa shape index (κ1) is 16.9. The molecule has 134 valence electrons. The summed E-state index contributed by atoms with van der Waals surface area (Å²) in [7, 11) is 0. The second-order valence-electron chi connectivity index (χ2n) is 7.48. The third kappa shape index (κ3) is 2.90. The molecule has 1 aromatic heterocycles. The largest absolute Gasteiger partial charge is 0.385 e. The molecule has 1 unspecified atom stereocenters. The molecule has 1 saturated heterocycles. The van der Waals surface area contributed by atoms with E-state index in [1.54, 1.807) is 13.1 Å². The van der Waals surface area contributed by atoms with Crippen molar-refractivity contribution in [2.24, 2.45) is 10.9 Å². The van der Waals surface area contributed by atoms with Gasteiger partial charge in [-0.15, -0.1) is 0 Å². The van der Waals surface area contributed by atoms with E-state index in [2.05, 4.69) is 14.9 Å². The maximum atomic E-state index is 11.9. The Hall–Kier alpha value is -2.59. The number of aliphatic imine (C=N–C) groups is 1. The van der Waals surface area contributed by atoms with Crippen molar-refractivity contribution in [3.05, 3.63) is 29.2 Å². The number of piperidine rings is 1. The highest BCUT2D eigenvalue weighted by atomic mass is 16.3. The Morgan fingerprint density at radius 3 is 2.73 bits per heavy atom. The van der Waals surface area contributed by atoms with Crippen LogP contribution in [-0.4, -0.2) is 51.8 Å². The molecule has 1 aliphatic carbocycles. The minimum absolute atomic E-state index is 0.0967. The van der Waals surface area contributed by atoms with Gasteiger partial charge in [-0.3, -0.25) is 9.79 Å². The lowest BCUT2D eigenvalue weighted by atomic mass is 9.74. The first-order valence-electron chi connectivity index (χ1n) is 8.96. The Kier molecular flexibility index (Phi) is 4.08. The van der Waals surface area contributed by atoms with E-state index in [-0.39, 0.29) is 12.2 Å². The zero-order valence-corrected chi connectivity index (χ0v) is 14.8. The van der Waals surface area contributed by atoms with E-state index in [1.807, 2.05) is 6.07 Å². The third-order valence-electron chi connectivity index (χ3n) is 5.50. The molecule has 7 nitrogen and oxygen atoms in total. The summed E-state index contributed by atoms with van der Waals surface area (Å²) in [6.45, 7) is 3.94. The summed E-state index contributed by atoms with van der Waals surface area (Å²) in [6, 6.07) is 1.98. The molecule has 1 atom stereocenters. The second kappa shape index (κ2) is 6.29. The average molecular weight is 351 g/mol. The van der Waals surface area contributed by atoms with Crippen molar-refractivity contribution in [1.82, 2.24) is 9.97 Å². The monoisotopic (exact) mass is 351 g/mol. The van der Waals surface area contributed by atoms with Crippen LogP contribution in [0, 0.1) is 17.2 Å². The molecule has 4 rings (SSSR count). The van der Waals surface area contributed by atoms with Crippen molar-refractivity contribution >= 4 is 17.3 Å². The molecule has 0 saturated carbocycles. The van der Waals surface area contributed by atoms with Crippen LogP contribution in [0.1, 0.15) is 38.3 Å². The van der Waals surface area contributed by atoms with Gasteiger partial charge in [-0.1, -0.05) is 0 Å². The average Bonchev–Trinajstić information content (AvgIpc) is 3.06. The summed E-state index contributed by atoms with van der Waals surface area (Å²) < 4.78 is 0. The fraction of sp³-hybridized carbons (Fsp3) is 0.526. The molecular weight excluding hydrogens is 330 g/mol. The molecule has 0 aromatic carbocycles. The fourth-order valence-electron chi connectivity index (χ4n) is 4.35. The maximum absolute atomic E-state index is 11.9. The predicted molar refractivity (Wildman–Crippen MR) is 95.9 cm³/mol. The SMILES string of the molecule is CC1(O)CC(=O)CC2=C1C(C1CCN(c3cnc(C#N)cn3)CC1)=NC2. The predicted octanol–water partition coefficient (Wildman–Crippen LogP) is 1.43. The highest BCUT2D eigenvalue weighted by molar-refractivity contribution is 6.08. The summed E-state index contributed by atoms with van der Waals surface area (Å²) in [6.07, 6.45) is 5.59. The van der Waals surface area contributed by atoms with E-state index in [4.69, 9.17) is 10.3 Å². The molecule has 0 radical (unpaired) electrons. The molecule has 0 spiro atoms. The Balaban J connectivity index is 1.47. The Bertz CT molecular complexity index is 840. The normalized spacial score (nSPS) is 26.6. The van der Waals surface area contributed by atoms with Crippen LogP contribution in [0.4, 0.5) is 5.82 Å². The number of aromatic nitrogens is 2. The molecule has 2 aliphatic heterocycles. The van der Waals surface area contributed by atoms with E-state index in [9.17, 15) is 9.90 Å². The highest BCUT2D eigenvalue weighted by Crippen LogP contribution is 2.39. The molecule has 1 N–H and O–H groups in total. The second-order valence-corrected chi connectivity index (χ2v) is 7.48. The number of nitrogens with zero attached hydrogens (tertiary/aromatic N) is 5. The summed E-state index contributed by atoms with van der Waals surface area (Å²) in [5.41, 5.74) is 2.16. The molecule has 0 bridgehead atoms. The van der Waals surface area contributed by atoms with Gasteiger partial charge in [0.1, 0.15) is 17.7 Å². The molecule has 3 heterocycles. The summed E-state index contributed by atoms with van der Waals surface area (Å²) >= 11 is 0. The first-order chi connectivity index (χ1) is 12.5. The lowest BCUT2D eigenvalue weighted by Gasteiger charge is -2.36. The number of anilines is 1. The Morgan fingerprint density at radius 2 is 2.08 bits per heavy atom. The van der Waals surface area contributed by atoms with E-state index in [1.165, 1.54) is 6.20 Å². The minimum atomic E-state index is -1.09. The van der Waals surface area contributed by atoms with Gasteiger partial charge in [-0.25, -0.2) is 9.97 Å². The summed E-state index contributed by atoms with van der Waals surface area (Å²) in [4.78, 5) is 27.1. The van der Waals surface area contributed by atoms with Crippen molar-refractivity contribution in [3.8, 4) is 6.07 Å². The van der Waals surface area contributed by atoms with E-state index < -0.39 is 5.60 Å². The minimum Gasteiger partial charge on any atom is -0.385 e. The maximum Gasteiger partial charge on any atom is 0.158 e. The molecule has 0 amide bonds. The van der Waals surface area contributed by atoms with Crippen LogP contribution < -0.4 is 4.90 Å². The standard InChI is InChI=1S/C19H21N5O2/c1-19(26)7-15(25)6-13-9-23-18(17(13)19)12-2-4-24(5-3-12)16-11-21-14(8-20)10-22-16/h10-12,26H,2-7,9H2,1H3. The third-order valence-corrected chi connectivity index (χ3v) is 5.50. The first-order valence-corrected chi connectivity index (χ1v) is 8.96. The molecule has 26 heavy (non-hydrogen) atoms. The summed E-state index contributed by atoms with van der Waals surface area (Å²) in [5.74, 6) is 1.18. The topological polar surface area (TPSA) is 102 Å². The van der Waals surface area contributed by atoms with Gasteiger partial charge in [-0.05, 0) is 25.3 Å². The van der Waals surface area contributed by atoms with Gasteiger partial charge >= 0.3 is 0 Å². The van der Waals surface area contributed by atoms with Gasteiger partial charge in [0.25, 0.3) is 0 Å². The van der Waals surface area contributed by atoms with Gasteiger partial charge in [0.05, 0.1) is 24.5 Å². The zero-order chi connectivity index (χ0) is 18.3. The number of hydrogen-bond acceptors (Lipinski definition) is 7. The summed E-state index contributed by atoms with van der Waals surface area (Å²) in [5, 5.41) is 19.6. The van der Waals surface area contributed by atoms with E-state index in [0.29, 0.717) is 24.6 Å². The molecule has 1 aromatic rings. The van der Waals surface area contributed by atoms with Crippen molar-refractivity contribution < 1.29 is 9.90 Å². The number of nitriles is 1. The number of carbonyl (C=O) groups excluding carboxylic acids is 1.